The molecule has 1 aliphatic rings. The third-order valence-corrected chi connectivity index (χ3v) is 3.30. The highest BCUT2D eigenvalue weighted by atomic mass is 35.7. The van der Waals surface area contributed by atoms with E-state index in [1.54, 1.807) is 6.92 Å². The molecule has 0 aromatic heterocycles. The minimum absolute atomic E-state index is 0.104. The summed E-state index contributed by atoms with van der Waals surface area (Å²) in [6.07, 6.45) is -1.08. The van der Waals surface area contributed by atoms with E-state index in [9.17, 15) is 12.8 Å². The zero-order valence-electron chi connectivity index (χ0n) is 6.00. The van der Waals surface area contributed by atoms with E-state index < -0.39 is 15.4 Å². The highest BCUT2D eigenvalue weighted by molar-refractivity contribution is 8.11. The van der Waals surface area contributed by atoms with Gasteiger partial charge >= 0.3 is 0 Å². The van der Waals surface area contributed by atoms with Gasteiger partial charge in [-0.05, 0) is 0 Å². The van der Waals surface area contributed by atoms with Crippen LogP contribution in [0, 0.1) is 5.92 Å². The van der Waals surface area contributed by atoms with Gasteiger partial charge < -0.3 is 0 Å². The van der Waals surface area contributed by atoms with Gasteiger partial charge in [-0.2, -0.15) is 12.7 Å². The first-order chi connectivity index (χ1) is 4.91. The summed E-state index contributed by atoms with van der Waals surface area (Å²) in [5.74, 6) is -0.247. The van der Waals surface area contributed by atoms with Crippen molar-refractivity contribution in [3.63, 3.8) is 0 Å². The van der Waals surface area contributed by atoms with Crippen LogP contribution < -0.4 is 0 Å². The molecule has 1 fully saturated rings. The average molecular weight is 202 g/mol. The van der Waals surface area contributed by atoms with Crippen LogP contribution in [0.3, 0.4) is 0 Å². The largest absolute Gasteiger partial charge is 0.299 e. The number of rotatable bonds is 1. The van der Waals surface area contributed by atoms with E-state index in [4.69, 9.17) is 10.7 Å². The van der Waals surface area contributed by atoms with Gasteiger partial charge in [0.2, 0.25) is 0 Å². The fraction of sp³-hybridized carbons (Fsp3) is 1.00. The Bertz CT molecular complexity index is 233. The van der Waals surface area contributed by atoms with Gasteiger partial charge in [0.1, 0.15) is 6.17 Å². The van der Waals surface area contributed by atoms with Crippen molar-refractivity contribution in [3.8, 4) is 0 Å². The summed E-state index contributed by atoms with van der Waals surface area (Å²) in [4.78, 5) is 0. The molecule has 1 aliphatic heterocycles. The second kappa shape index (κ2) is 2.88. The SMILES string of the molecule is C[C@H]1CN(S(=O)(=O)Cl)C[C@@H]1F. The molecule has 66 valence electrons. The number of alkyl halides is 1. The highest BCUT2D eigenvalue weighted by Crippen LogP contribution is 2.23. The summed E-state index contributed by atoms with van der Waals surface area (Å²) in [6.45, 7) is 1.74. The summed E-state index contributed by atoms with van der Waals surface area (Å²) < 4.78 is 35.0. The molecule has 0 saturated carbocycles. The molecule has 6 heteroatoms. The average Bonchev–Trinajstić information content (AvgIpc) is 2.11. The van der Waals surface area contributed by atoms with E-state index in [0.717, 1.165) is 4.31 Å². The van der Waals surface area contributed by atoms with Gasteiger partial charge in [-0.1, -0.05) is 6.92 Å². The van der Waals surface area contributed by atoms with Crippen molar-refractivity contribution in [2.75, 3.05) is 13.1 Å². The Kier molecular flexibility index (Phi) is 2.41. The minimum Gasteiger partial charge on any atom is -0.246 e. The van der Waals surface area contributed by atoms with Crippen LogP contribution in [0.1, 0.15) is 6.92 Å². The number of halogens is 2. The molecule has 1 rings (SSSR count). The molecule has 0 N–H and O–H groups in total. The van der Waals surface area contributed by atoms with Gasteiger partial charge in [0.25, 0.3) is 9.24 Å². The maximum absolute atomic E-state index is 12.7. The van der Waals surface area contributed by atoms with Crippen LogP contribution in [0.5, 0.6) is 0 Å². The van der Waals surface area contributed by atoms with E-state index in [0.29, 0.717) is 0 Å². The Hall–Kier alpha value is 0.130. The predicted octanol–water partition coefficient (Wildman–Crippen LogP) is 0.760. The van der Waals surface area contributed by atoms with Crippen LogP contribution in [0.2, 0.25) is 0 Å². The Morgan fingerprint density at radius 3 is 2.27 bits per heavy atom. The molecule has 11 heavy (non-hydrogen) atoms. The van der Waals surface area contributed by atoms with E-state index in [-0.39, 0.29) is 19.0 Å². The number of nitrogens with zero attached hydrogens (tertiary/aromatic N) is 1. The Morgan fingerprint density at radius 1 is 1.55 bits per heavy atom. The lowest BCUT2D eigenvalue weighted by Gasteiger charge is -2.07. The summed E-state index contributed by atoms with van der Waals surface area (Å²) in [6, 6.07) is 0. The first-order valence-electron chi connectivity index (χ1n) is 3.25. The van der Waals surface area contributed by atoms with Crippen LogP contribution in [0.25, 0.3) is 0 Å². The van der Waals surface area contributed by atoms with Crippen molar-refractivity contribution in [1.29, 1.82) is 0 Å². The maximum Gasteiger partial charge on any atom is 0.299 e. The zero-order valence-corrected chi connectivity index (χ0v) is 7.57. The molecule has 0 aliphatic carbocycles. The molecule has 1 saturated heterocycles. The Balaban J connectivity index is 2.69. The molecule has 0 amide bonds. The molecule has 0 radical (unpaired) electrons. The fourth-order valence-electron chi connectivity index (χ4n) is 1.06. The normalized spacial score (nSPS) is 34.5. The van der Waals surface area contributed by atoms with Crippen LogP contribution in [-0.2, 0) is 9.24 Å². The molecule has 3 nitrogen and oxygen atoms in total. The minimum atomic E-state index is -3.70. The van der Waals surface area contributed by atoms with Gasteiger partial charge in [0, 0.05) is 29.7 Å². The van der Waals surface area contributed by atoms with Gasteiger partial charge in [-0.15, -0.1) is 0 Å². The third kappa shape index (κ3) is 2.04. The molecule has 0 bridgehead atoms. The molecule has 1 heterocycles. The molecule has 0 unspecified atom stereocenters. The Morgan fingerprint density at radius 2 is 2.09 bits per heavy atom. The lowest BCUT2D eigenvalue weighted by molar-refractivity contribution is 0.295. The lowest BCUT2D eigenvalue weighted by atomic mass is 10.1. The van der Waals surface area contributed by atoms with Crippen molar-refractivity contribution in [2.24, 2.45) is 5.92 Å². The zero-order chi connectivity index (χ0) is 8.65. The summed E-state index contributed by atoms with van der Waals surface area (Å²) in [5, 5.41) is 0. The third-order valence-electron chi connectivity index (χ3n) is 1.80. The van der Waals surface area contributed by atoms with E-state index in [2.05, 4.69) is 0 Å². The second-order valence-corrected chi connectivity index (χ2v) is 5.26. The molecular weight excluding hydrogens is 193 g/mol. The van der Waals surface area contributed by atoms with E-state index in [1.165, 1.54) is 0 Å². The standard InChI is InChI=1S/C5H9ClFNO2S/c1-4-2-8(3-5(4)7)11(6,9)10/h4-5H,2-3H2,1H3/t4-,5-/m0/s1. The first kappa shape index (κ1) is 9.22. The van der Waals surface area contributed by atoms with Crippen molar-refractivity contribution < 1.29 is 12.8 Å². The quantitative estimate of drug-likeness (QED) is 0.588. The molecule has 0 aromatic rings. The van der Waals surface area contributed by atoms with Crippen LogP contribution in [0.15, 0.2) is 0 Å². The number of hydrogen-bond donors (Lipinski definition) is 0. The monoisotopic (exact) mass is 201 g/mol. The lowest BCUT2D eigenvalue weighted by Crippen LogP contribution is -2.24. The maximum atomic E-state index is 12.7. The molecule has 2 atom stereocenters. The van der Waals surface area contributed by atoms with Crippen LogP contribution in [0.4, 0.5) is 4.39 Å². The van der Waals surface area contributed by atoms with Crippen molar-refractivity contribution in [1.82, 2.24) is 4.31 Å². The summed E-state index contributed by atoms with van der Waals surface area (Å²) in [5.41, 5.74) is 0. The van der Waals surface area contributed by atoms with Crippen molar-refractivity contribution in [3.05, 3.63) is 0 Å². The van der Waals surface area contributed by atoms with Gasteiger partial charge in [0.15, 0.2) is 0 Å². The predicted molar refractivity (Wildman–Crippen MR) is 40.4 cm³/mol. The molecule has 0 aromatic carbocycles. The highest BCUT2D eigenvalue weighted by Gasteiger charge is 2.35. The molecule has 0 spiro atoms. The van der Waals surface area contributed by atoms with Gasteiger partial charge in [-0.25, -0.2) is 4.39 Å². The summed E-state index contributed by atoms with van der Waals surface area (Å²) >= 11 is 0. The van der Waals surface area contributed by atoms with Crippen molar-refractivity contribution in [2.45, 2.75) is 13.1 Å². The second-order valence-electron chi connectivity index (χ2n) is 2.75. The van der Waals surface area contributed by atoms with E-state index in [1.807, 2.05) is 0 Å². The van der Waals surface area contributed by atoms with Crippen LogP contribution in [-0.4, -0.2) is 32.0 Å². The fourth-order valence-corrected chi connectivity index (χ4v) is 2.13. The summed E-state index contributed by atoms with van der Waals surface area (Å²) in [7, 11) is 1.30. The molecular formula is C5H9ClFNO2S. The van der Waals surface area contributed by atoms with Gasteiger partial charge in [0.05, 0.1) is 0 Å². The van der Waals surface area contributed by atoms with Crippen LogP contribution >= 0.6 is 10.7 Å². The number of hydrogen-bond acceptors (Lipinski definition) is 2. The van der Waals surface area contributed by atoms with Gasteiger partial charge in [-0.3, -0.25) is 0 Å². The smallest absolute Gasteiger partial charge is 0.246 e. The van der Waals surface area contributed by atoms with Crippen molar-refractivity contribution >= 4 is 19.9 Å². The first-order valence-corrected chi connectivity index (χ1v) is 5.51. The topological polar surface area (TPSA) is 37.4 Å². The Labute approximate surface area is 69.7 Å². The van der Waals surface area contributed by atoms with E-state index >= 15 is 0 Å².